The number of pyridine rings is 1. The van der Waals surface area contributed by atoms with Crippen LogP contribution in [0.1, 0.15) is 5.56 Å². The van der Waals surface area contributed by atoms with Crippen LogP contribution in [0.15, 0.2) is 155 Å². The molecule has 0 unspecified atom stereocenters. The van der Waals surface area contributed by atoms with Gasteiger partial charge in [-0.1, -0.05) is 103 Å². The monoisotopic (exact) mass is 572 g/mol. The number of nitrogens with one attached hydrogen (secondary N) is 1. The van der Waals surface area contributed by atoms with Crippen LogP contribution in [-0.2, 0) is 11.3 Å². The lowest BCUT2D eigenvalue weighted by Crippen LogP contribution is -2.25. The number of amides is 1. The maximum atomic E-state index is 13.3. The van der Waals surface area contributed by atoms with Gasteiger partial charge in [-0.15, -0.1) is 0 Å². The van der Waals surface area contributed by atoms with E-state index in [9.17, 15) is 9.59 Å². The number of benzene rings is 5. The Morgan fingerprint density at radius 3 is 1.80 bits per heavy atom. The fraction of sp³-hybridized carbons (Fsp3) is 0.0263. The molecular weight excluding hydrogens is 544 g/mol. The number of carbonyl (C=O) groups excluding carboxylic acids is 1. The number of aromatic nitrogens is 2. The van der Waals surface area contributed by atoms with Crippen molar-refractivity contribution in [3.63, 3.8) is 0 Å². The smallest absolute Gasteiger partial charge is 0.260 e. The van der Waals surface area contributed by atoms with Crippen molar-refractivity contribution < 1.29 is 4.79 Å². The van der Waals surface area contributed by atoms with E-state index in [2.05, 4.69) is 57.6 Å². The molecule has 5 aromatic carbocycles. The summed E-state index contributed by atoms with van der Waals surface area (Å²) < 4.78 is 4.10. The number of rotatable bonds is 7. The summed E-state index contributed by atoms with van der Waals surface area (Å²) in [7, 11) is 0. The maximum Gasteiger partial charge on any atom is 0.260 e. The molecule has 0 spiro atoms. The predicted molar refractivity (Wildman–Crippen MR) is 178 cm³/mol. The van der Waals surface area contributed by atoms with Crippen molar-refractivity contribution in [3.8, 4) is 28.2 Å². The quantitative estimate of drug-likeness (QED) is 0.123. The Labute approximate surface area is 254 Å². The van der Waals surface area contributed by atoms with Crippen LogP contribution in [0.5, 0.6) is 0 Å². The van der Waals surface area contributed by atoms with Gasteiger partial charge < -0.3 is 9.13 Å². The highest BCUT2D eigenvalue weighted by Gasteiger charge is 2.19. The van der Waals surface area contributed by atoms with Crippen LogP contribution in [0.4, 0.5) is 0 Å². The minimum Gasteiger partial charge on any atom is -0.331 e. The molecular formula is C38H28N4O2. The summed E-state index contributed by atoms with van der Waals surface area (Å²) in [5.74, 6) is -0.299. The second kappa shape index (κ2) is 11.7. The molecule has 7 rings (SSSR count). The van der Waals surface area contributed by atoms with Crippen LogP contribution in [0.3, 0.4) is 0 Å². The topological polar surface area (TPSA) is 68.4 Å². The van der Waals surface area contributed by atoms with E-state index >= 15 is 0 Å². The van der Waals surface area contributed by atoms with Gasteiger partial charge >= 0.3 is 0 Å². The summed E-state index contributed by atoms with van der Waals surface area (Å²) in [6, 6.07) is 47.5. The summed E-state index contributed by atoms with van der Waals surface area (Å²) in [4.78, 5) is 26.4. The molecule has 1 N–H and O–H groups in total. The van der Waals surface area contributed by atoms with Gasteiger partial charge in [-0.3, -0.25) is 9.59 Å². The van der Waals surface area contributed by atoms with Gasteiger partial charge in [0.15, 0.2) is 5.43 Å². The van der Waals surface area contributed by atoms with E-state index in [-0.39, 0.29) is 17.9 Å². The number of hydrazone groups is 1. The summed E-state index contributed by atoms with van der Waals surface area (Å²) in [6.45, 7) is 0.00445. The molecule has 0 saturated carbocycles. The Balaban J connectivity index is 1.28. The first-order chi connectivity index (χ1) is 21.7. The molecule has 0 bridgehead atoms. The first-order valence-corrected chi connectivity index (χ1v) is 14.4. The summed E-state index contributed by atoms with van der Waals surface area (Å²) >= 11 is 0. The average molecular weight is 573 g/mol. The van der Waals surface area contributed by atoms with Crippen LogP contribution in [0, 0.1) is 0 Å². The third kappa shape index (κ3) is 4.99. The standard InChI is InChI=1S/C38H28N4O2/c43-36(26-41-33-22-12-10-20-31(33)38(44)32-21-11-13-23-34(32)41)40-39-25-29-24-35(27-14-4-1-5-15-27)42(30-18-8-3-9-19-30)37(29)28-16-6-2-7-17-28/h1-25H,26H2,(H,40,43)/b39-25+. The largest absolute Gasteiger partial charge is 0.331 e. The molecule has 1 amide bonds. The van der Waals surface area contributed by atoms with Crippen molar-refractivity contribution in [2.24, 2.45) is 5.10 Å². The average Bonchev–Trinajstić information content (AvgIpc) is 3.47. The van der Waals surface area contributed by atoms with Crippen molar-refractivity contribution >= 4 is 33.9 Å². The van der Waals surface area contributed by atoms with Crippen LogP contribution >= 0.6 is 0 Å². The van der Waals surface area contributed by atoms with Crippen molar-refractivity contribution in [1.82, 2.24) is 14.6 Å². The Hall–Kier alpha value is -6.01. The molecule has 2 aromatic heterocycles. The predicted octanol–water partition coefficient (Wildman–Crippen LogP) is 7.43. The second-order valence-electron chi connectivity index (χ2n) is 10.5. The highest BCUT2D eigenvalue weighted by atomic mass is 16.2. The first kappa shape index (κ1) is 26.9. The van der Waals surface area contributed by atoms with Gasteiger partial charge in [0.1, 0.15) is 6.54 Å². The molecule has 0 aliphatic carbocycles. The normalized spacial score (nSPS) is 11.4. The summed E-state index contributed by atoms with van der Waals surface area (Å²) in [5.41, 5.74) is 10.0. The van der Waals surface area contributed by atoms with Crippen LogP contribution in [0.25, 0.3) is 50.0 Å². The van der Waals surface area contributed by atoms with Gasteiger partial charge in [-0.05, 0) is 53.6 Å². The zero-order chi connectivity index (χ0) is 29.9. The van der Waals surface area contributed by atoms with Gasteiger partial charge in [0.25, 0.3) is 5.91 Å². The second-order valence-corrected chi connectivity index (χ2v) is 10.5. The van der Waals surface area contributed by atoms with E-state index < -0.39 is 0 Å². The molecule has 0 fully saturated rings. The van der Waals surface area contributed by atoms with Gasteiger partial charge in [-0.25, -0.2) is 5.43 Å². The fourth-order valence-electron chi connectivity index (χ4n) is 5.79. The minimum absolute atomic E-state index is 0.00445. The Morgan fingerprint density at radius 2 is 1.18 bits per heavy atom. The molecule has 0 aliphatic rings. The first-order valence-electron chi connectivity index (χ1n) is 14.4. The minimum atomic E-state index is -0.299. The fourth-order valence-corrected chi connectivity index (χ4v) is 5.79. The van der Waals surface area contributed by atoms with Gasteiger partial charge in [0.05, 0.1) is 28.6 Å². The van der Waals surface area contributed by atoms with Crippen molar-refractivity contribution in [3.05, 3.63) is 161 Å². The number of nitrogens with zero attached hydrogens (tertiary/aromatic N) is 3. The summed E-state index contributed by atoms with van der Waals surface area (Å²) in [6.07, 6.45) is 1.70. The van der Waals surface area contributed by atoms with E-state index in [0.29, 0.717) is 21.8 Å². The highest BCUT2D eigenvalue weighted by molar-refractivity contribution is 5.96. The Bertz CT molecular complexity index is 2140. The molecule has 44 heavy (non-hydrogen) atoms. The SMILES string of the molecule is O=C(Cn1c2ccccc2c(=O)c2ccccc21)N/N=C/c1cc(-c2ccccc2)n(-c2ccccc2)c1-c1ccccc1. The molecule has 6 heteroatoms. The zero-order valence-corrected chi connectivity index (χ0v) is 23.8. The number of hydrogen-bond donors (Lipinski definition) is 1. The summed E-state index contributed by atoms with van der Waals surface area (Å²) in [5, 5.41) is 5.58. The Kier molecular flexibility index (Phi) is 7.14. The molecule has 0 atom stereocenters. The number of hydrogen-bond acceptors (Lipinski definition) is 3. The number of carbonyl (C=O) groups is 1. The molecule has 6 nitrogen and oxygen atoms in total. The van der Waals surface area contributed by atoms with Gasteiger partial charge in [-0.2, -0.15) is 5.10 Å². The molecule has 0 radical (unpaired) electrons. The van der Waals surface area contributed by atoms with Crippen molar-refractivity contribution in [2.75, 3.05) is 0 Å². The van der Waals surface area contributed by atoms with E-state index in [1.54, 1.807) is 18.3 Å². The van der Waals surface area contributed by atoms with Gasteiger partial charge in [0, 0.05) is 22.0 Å². The van der Waals surface area contributed by atoms with Gasteiger partial charge in [0.2, 0.25) is 0 Å². The molecule has 0 saturated heterocycles. The molecule has 0 aliphatic heterocycles. The Morgan fingerprint density at radius 1 is 0.659 bits per heavy atom. The third-order valence-corrected chi connectivity index (χ3v) is 7.73. The lowest BCUT2D eigenvalue weighted by atomic mass is 10.1. The number of para-hydroxylation sites is 3. The van der Waals surface area contributed by atoms with Crippen molar-refractivity contribution in [2.45, 2.75) is 6.54 Å². The van der Waals surface area contributed by atoms with Crippen LogP contribution in [0.2, 0.25) is 0 Å². The third-order valence-electron chi connectivity index (χ3n) is 7.73. The molecule has 2 heterocycles. The number of fused-ring (bicyclic) bond motifs is 2. The molecule has 212 valence electrons. The lowest BCUT2D eigenvalue weighted by Gasteiger charge is -2.15. The van der Waals surface area contributed by atoms with E-state index in [1.807, 2.05) is 95.6 Å². The molecule has 7 aromatic rings. The van der Waals surface area contributed by atoms with E-state index in [1.165, 1.54) is 0 Å². The zero-order valence-electron chi connectivity index (χ0n) is 23.8. The highest BCUT2D eigenvalue weighted by Crippen LogP contribution is 2.35. The lowest BCUT2D eigenvalue weighted by molar-refractivity contribution is -0.121. The van der Waals surface area contributed by atoms with Crippen LogP contribution in [-0.4, -0.2) is 21.3 Å². The van der Waals surface area contributed by atoms with E-state index in [4.69, 9.17) is 0 Å². The van der Waals surface area contributed by atoms with Crippen molar-refractivity contribution in [1.29, 1.82) is 0 Å². The maximum absolute atomic E-state index is 13.3. The van der Waals surface area contributed by atoms with Crippen LogP contribution < -0.4 is 10.9 Å². The van der Waals surface area contributed by atoms with E-state index in [0.717, 1.165) is 33.8 Å².